The summed E-state index contributed by atoms with van der Waals surface area (Å²) in [6, 6.07) is 0.260. The summed E-state index contributed by atoms with van der Waals surface area (Å²) in [6.07, 6.45) is 6.01. The third-order valence-electron chi connectivity index (χ3n) is 1.93. The predicted molar refractivity (Wildman–Crippen MR) is 56.8 cm³/mol. The van der Waals surface area contributed by atoms with Crippen LogP contribution in [0.25, 0.3) is 0 Å². The lowest BCUT2D eigenvalue weighted by Crippen LogP contribution is -2.15. The molecule has 1 unspecified atom stereocenters. The summed E-state index contributed by atoms with van der Waals surface area (Å²) in [5.41, 5.74) is 1.09. The van der Waals surface area contributed by atoms with Crippen LogP contribution in [-0.4, -0.2) is 12.0 Å². The highest BCUT2D eigenvalue weighted by atomic mass is 32.1. The van der Waals surface area contributed by atoms with E-state index in [2.05, 4.69) is 16.2 Å². The third kappa shape index (κ3) is 2.30. The molecule has 13 heavy (non-hydrogen) atoms. The minimum absolute atomic E-state index is 0.260. The van der Waals surface area contributed by atoms with E-state index in [4.69, 9.17) is 6.42 Å². The lowest BCUT2D eigenvalue weighted by molar-refractivity contribution is 0.617. The topological polar surface area (TPSA) is 24.9 Å². The Morgan fingerprint density at radius 3 is 2.69 bits per heavy atom. The summed E-state index contributed by atoms with van der Waals surface area (Å²) in [4.78, 5) is 5.63. The highest BCUT2D eigenvalue weighted by Gasteiger charge is 2.14. The zero-order valence-corrected chi connectivity index (χ0v) is 9.03. The molecular weight excluding hydrogens is 180 g/mol. The minimum Gasteiger partial charge on any atom is -0.311 e. The molecule has 3 heteroatoms. The number of nitrogens with zero attached hydrogens (tertiary/aromatic N) is 1. The molecule has 2 nitrogen and oxygen atoms in total. The van der Waals surface area contributed by atoms with Crippen LogP contribution in [0.2, 0.25) is 0 Å². The van der Waals surface area contributed by atoms with Crippen molar-refractivity contribution in [1.29, 1.82) is 0 Å². The Labute approximate surface area is 83.4 Å². The standard InChI is InChI=1S/C10H14N2S/c1-5-6-9(11-4)10-7(2)12-8(3)13-10/h1,9,11H,6H2,2-4H3. The summed E-state index contributed by atoms with van der Waals surface area (Å²) in [7, 11) is 1.93. The van der Waals surface area contributed by atoms with E-state index in [1.54, 1.807) is 11.3 Å². The molecule has 0 aliphatic rings. The van der Waals surface area contributed by atoms with Gasteiger partial charge in [-0.15, -0.1) is 23.7 Å². The molecule has 0 saturated carbocycles. The summed E-state index contributed by atoms with van der Waals surface area (Å²) >= 11 is 1.72. The molecule has 1 atom stereocenters. The van der Waals surface area contributed by atoms with Crippen LogP contribution in [0.15, 0.2) is 0 Å². The molecule has 0 aliphatic carbocycles. The Morgan fingerprint density at radius 2 is 2.31 bits per heavy atom. The summed E-state index contributed by atoms with van der Waals surface area (Å²) in [6.45, 7) is 4.05. The van der Waals surface area contributed by atoms with E-state index in [1.807, 2.05) is 20.9 Å². The molecule has 0 fully saturated rings. The molecule has 1 aromatic heterocycles. The minimum atomic E-state index is 0.260. The largest absolute Gasteiger partial charge is 0.311 e. The molecule has 1 N–H and O–H groups in total. The molecule has 0 aromatic carbocycles. The van der Waals surface area contributed by atoms with Gasteiger partial charge in [0.15, 0.2) is 0 Å². The van der Waals surface area contributed by atoms with Gasteiger partial charge in [-0.25, -0.2) is 4.98 Å². The Bertz CT molecular complexity index is 322. The van der Waals surface area contributed by atoms with Crippen molar-refractivity contribution in [3.05, 3.63) is 15.6 Å². The van der Waals surface area contributed by atoms with Gasteiger partial charge in [0.2, 0.25) is 0 Å². The zero-order valence-electron chi connectivity index (χ0n) is 8.22. The molecule has 1 heterocycles. The van der Waals surface area contributed by atoms with Gasteiger partial charge in [-0.3, -0.25) is 0 Å². The van der Waals surface area contributed by atoms with Crippen molar-refractivity contribution in [3.63, 3.8) is 0 Å². The maximum Gasteiger partial charge on any atom is 0.0900 e. The van der Waals surface area contributed by atoms with E-state index >= 15 is 0 Å². The quantitative estimate of drug-likeness (QED) is 0.745. The van der Waals surface area contributed by atoms with Crippen LogP contribution in [0.3, 0.4) is 0 Å². The number of hydrogen-bond acceptors (Lipinski definition) is 3. The first-order valence-electron chi connectivity index (χ1n) is 4.23. The fraction of sp³-hybridized carbons (Fsp3) is 0.500. The van der Waals surface area contributed by atoms with Crippen molar-refractivity contribution in [2.45, 2.75) is 26.3 Å². The second-order valence-corrected chi connectivity index (χ2v) is 4.17. The maximum absolute atomic E-state index is 5.29. The molecule has 0 aliphatic heterocycles. The van der Waals surface area contributed by atoms with E-state index in [0.29, 0.717) is 0 Å². The summed E-state index contributed by atoms with van der Waals surface area (Å²) in [5, 5.41) is 4.30. The van der Waals surface area contributed by atoms with Gasteiger partial charge < -0.3 is 5.32 Å². The van der Waals surface area contributed by atoms with Gasteiger partial charge in [0, 0.05) is 11.3 Å². The number of hydrogen-bond donors (Lipinski definition) is 1. The first-order chi connectivity index (χ1) is 6.19. The highest BCUT2D eigenvalue weighted by molar-refractivity contribution is 7.11. The zero-order chi connectivity index (χ0) is 9.84. The van der Waals surface area contributed by atoms with E-state index in [1.165, 1.54) is 4.88 Å². The van der Waals surface area contributed by atoms with Gasteiger partial charge in [0.25, 0.3) is 0 Å². The number of rotatable bonds is 3. The number of aryl methyl sites for hydroxylation is 2. The molecule has 0 radical (unpaired) electrons. The van der Waals surface area contributed by atoms with Crippen molar-refractivity contribution in [1.82, 2.24) is 10.3 Å². The van der Waals surface area contributed by atoms with Crippen molar-refractivity contribution < 1.29 is 0 Å². The van der Waals surface area contributed by atoms with Crippen molar-refractivity contribution >= 4 is 11.3 Å². The number of aromatic nitrogens is 1. The molecule has 0 bridgehead atoms. The number of nitrogens with one attached hydrogen (secondary N) is 1. The van der Waals surface area contributed by atoms with Gasteiger partial charge >= 0.3 is 0 Å². The Balaban J connectivity index is 2.91. The molecule has 1 rings (SSSR count). The van der Waals surface area contributed by atoms with Crippen LogP contribution in [0, 0.1) is 26.2 Å². The molecule has 0 saturated heterocycles. The smallest absolute Gasteiger partial charge is 0.0900 e. The van der Waals surface area contributed by atoms with Gasteiger partial charge in [0.1, 0.15) is 0 Å². The fourth-order valence-corrected chi connectivity index (χ4v) is 2.35. The monoisotopic (exact) mass is 194 g/mol. The SMILES string of the molecule is C#CCC(NC)c1sc(C)nc1C. The summed E-state index contributed by atoms with van der Waals surface area (Å²) in [5.74, 6) is 2.67. The molecule has 0 spiro atoms. The van der Waals surface area contributed by atoms with E-state index in [-0.39, 0.29) is 6.04 Å². The van der Waals surface area contributed by atoms with E-state index in [0.717, 1.165) is 17.1 Å². The van der Waals surface area contributed by atoms with Crippen LogP contribution in [0.5, 0.6) is 0 Å². The van der Waals surface area contributed by atoms with Crippen LogP contribution in [0.1, 0.15) is 28.0 Å². The Kier molecular flexibility index (Phi) is 3.47. The average molecular weight is 194 g/mol. The predicted octanol–water partition coefficient (Wildman–Crippen LogP) is 2.04. The normalized spacial score (nSPS) is 12.5. The third-order valence-corrected chi connectivity index (χ3v) is 3.11. The second kappa shape index (κ2) is 4.40. The lowest BCUT2D eigenvalue weighted by Gasteiger charge is -2.10. The molecule has 0 amide bonds. The van der Waals surface area contributed by atoms with E-state index < -0.39 is 0 Å². The Morgan fingerprint density at radius 1 is 1.62 bits per heavy atom. The lowest BCUT2D eigenvalue weighted by atomic mass is 10.1. The maximum atomic E-state index is 5.29. The molecule has 70 valence electrons. The summed E-state index contributed by atoms with van der Waals surface area (Å²) < 4.78 is 0. The van der Waals surface area contributed by atoms with Crippen molar-refractivity contribution in [2.24, 2.45) is 0 Å². The fourth-order valence-electron chi connectivity index (χ4n) is 1.31. The van der Waals surface area contributed by atoms with Crippen molar-refractivity contribution in [2.75, 3.05) is 7.05 Å². The average Bonchev–Trinajstić information content (AvgIpc) is 2.41. The first kappa shape index (κ1) is 10.2. The van der Waals surface area contributed by atoms with Crippen LogP contribution in [0.4, 0.5) is 0 Å². The van der Waals surface area contributed by atoms with Gasteiger partial charge in [-0.05, 0) is 20.9 Å². The van der Waals surface area contributed by atoms with Crippen LogP contribution < -0.4 is 5.32 Å². The van der Waals surface area contributed by atoms with Crippen molar-refractivity contribution in [3.8, 4) is 12.3 Å². The van der Waals surface area contributed by atoms with E-state index in [9.17, 15) is 0 Å². The Hall–Kier alpha value is -0.850. The number of terminal acetylenes is 1. The van der Waals surface area contributed by atoms with Gasteiger partial charge in [-0.2, -0.15) is 0 Å². The van der Waals surface area contributed by atoms with Crippen LogP contribution >= 0.6 is 11.3 Å². The van der Waals surface area contributed by atoms with Crippen LogP contribution in [-0.2, 0) is 0 Å². The molecule has 1 aromatic rings. The number of thiazole rings is 1. The van der Waals surface area contributed by atoms with Gasteiger partial charge in [0.05, 0.1) is 16.7 Å². The first-order valence-corrected chi connectivity index (χ1v) is 5.05. The second-order valence-electron chi connectivity index (χ2n) is 2.93. The van der Waals surface area contributed by atoms with Gasteiger partial charge in [-0.1, -0.05) is 0 Å². The molecular formula is C10H14N2S. The highest BCUT2D eigenvalue weighted by Crippen LogP contribution is 2.26.